The number of nitrogens with zero attached hydrogens (tertiary/aromatic N) is 4. The molecule has 3 heterocycles. The van der Waals surface area contributed by atoms with Crippen LogP contribution in [0.2, 0.25) is 4.34 Å². The van der Waals surface area contributed by atoms with Crippen molar-refractivity contribution in [3.05, 3.63) is 45.6 Å². The number of hydrogen-bond donors (Lipinski definition) is 1. The van der Waals surface area contributed by atoms with Crippen molar-refractivity contribution in [3.63, 3.8) is 0 Å². The minimum atomic E-state index is -3.77. The van der Waals surface area contributed by atoms with Crippen LogP contribution in [0.25, 0.3) is 5.82 Å². The Morgan fingerprint density at radius 3 is 2.46 bits per heavy atom. The zero-order valence-electron chi connectivity index (χ0n) is 13.1. The van der Waals surface area contributed by atoms with Gasteiger partial charge in [-0.1, -0.05) is 11.6 Å². The summed E-state index contributed by atoms with van der Waals surface area (Å²) in [6.45, 7) is 5.34. The molecule has 0 aromatic carbocycles. The average Bonchev–Trinajstić information content (AvgIpc) is 3.03. The molecular weight excluding hydrogens is 370 g/mol. The summed E-state index contributed by atoms with van der Waals surface area (Å²) < 4.78 is 29.7. The van der Waals surface area contributed by atoms with Crippen LogP contribution >= 0.6 is 22.9 Å². The SMILES string of the molecule is Cc1ccc(-n2nc(C)cc2NS(=O)(=O)c2cc(C)c(Cl)s2)nn1. The maximum atomic E-state index is 12.6. The van der Waals surface area contributed by atoms with E-state index in [1.54, 1.807) is 32.0 Å². The van der Waals surface area contributed by atoms with Gasteiger partial charge in [0.2, 0.25) is 0 Å². The topological polar surface area (TPSA) is 89.8 Å². The van der Waals surface area contributed by atoms with Gasteiger partial charge in [-0.15, -0.1) is 16.4 Å². The third-order valence-electron chi connectivity index (χ3n) is 3.17. The quantitative estimate of drug-likeness (QED) is 0.747. The van der Waals surface area contributed by atoms with Crippen LogP contribution in [0.3, 0.4) is 0 Å². The van der Waals surface area contributed by atoms with Crippen molar-refractivity contribution in [1.82, 2.24) is 20.0 Å². The second kappa shape index (κ2) is 6.15. The number of rotatable bonds is 4. The Morgan fingerprint density at radius 2 is 1.88 bits per heavy atom. The first kappa shape index (κ1) is 16.9. The lowest BCUT2D eigenvalue weighted by atomic mass is 10.4. The average molecular weight is 384 g/mol. The maximum absolute atomic E-state index is 12.6. The molecule has 0 aliphatic heterocycles. The molecule has 0 fully saturated rings. The van der Waals surface area contributed by atoms with E-state index in [-0.39, 0.29) is 10.0 Å². The van der Waals surface area contributed by atoms with Crippen molar-refractivity contribution in [1.29, 1.82) is 0 Å². The van der Waals surface area contributed by atoms with Crippen LogP contribution in [-0.4, -0.2) is 28.4 Å². The second-order valence-electron chi connectivity index (χ2n) is 5.24. The second-order valence-corrected chi connectivity index (χ2v) is 8.81. The van der Waals surface area contributed by atoms with Crippen LogP contribution in [0, 0.1) is 20.8 Å². The molecule has 1 N–H and O–H groups in total. The largest absolute Gasteiger partial charge is 0.272 e. The van der Waals surface area contributed by atoms with Crippen LogP contribution < -0.4 is 4.72 Å². The lowest BCUT2D eigenvalue weighted by Crippen LogP contribution is -2.15. The summed E-state index contributed by atoms with van der Waals surface area (Å²) >= 11 is 6.98. The number of halogens is 1. The van der Waals surface area contributed by atoms with E-state index < -0.39 is 10.0 Å². The predicted octanol–water partition coefficient (Wildman–Crippen LogP) is 3.10. The van der Waals surface area contributed by atoms with E-state index in [1.807, 2.05) is 6.92 Å². The van der Waals surface area contributed by atoms with Gasteiger partial charge in [0.05, 0.1) is 15.7 Å². The molecule has 0 bridgehead atoms. The minimum absolute atomic E-state index is 0.144. The molecule has 0 amide bonds. The summed E-state index contributed by atoms with van der Waals surface area (Å²) in [6, 6.07) is 6.66. The molecule has 24 heavy (non-hydrogen) atoms. The van der Waals surface area contributed by atoms with Crippen molar-refractivity contribution in [2.24, 2.45) is 0 Å². The van der Waals surface area contributed by atoms with Crippen molar-refractivity contribution >= 4 is 38.8 Å². The molecule has 0 saturated heterocycles. The van der Waals surface area contributed by atoms with Crippen molar-refractivity contribution < 1.29 is 8.42 Å². The molecule has 3 rings (SSSR count). The molecule has 126 valence electrons. The van der Waals surface area contributed by atoms with Crippen LogP contribution in [0.4, 0.5) is 5.82 Å². The summed E-state index contributed by atoms with van der Waals surface area (Å²) in [6.07, 6.45) is 0. The fourth-order valence-corrected chi connectivity index (χ4v) is 4.74. The fourth-order valence-electron chi connectivity index (χ4n) is 2.00. The molecule has 3 aromatic heterocycles. The summed E-state index contributed by atoms with van der Waals surface area (Å²) in [5.74, 6) is 0.708. The summed E-state index contributed by atoms with van der Waals surface area (Å²) in [7, 11) is -3.77. The summed E-state index contributed by atoms with van der Waals surface area (Å²) in [4.78, 5) is 0. The fraction of sp³-hybridized carbons (Fsp3) is 0.214. The number of hydrogen-bond acceptors (Lipinski definition) is 6. The van der Waals surface area contributed by atoms with E-state index in [9.17, 15) is 8.42 Å². The van der Waals surface area contributed by atoms with Gasteiger partial charge in [-0.2, -0.15) is 14.9 Å². The van der Waals surface area contributed by atoms with Crippen LogP contribution in [0.1, 0.15) is 17.0 Å². The summed E-state index contributed by atoms with van der Waals surface area (Å²) in [5, 5.41) is 12.3. The maximum Gasteiger partial charge on any atom is 0.272 e. The number of nitrogens with one attached hydrogen (secondary N) is 1. The zero-order chi connectivity index (χ0) is 17.5. The Labute approximate surface area is 148 Å². The smallest absolute Gasteiger partial charge is 0.263 e. The molecule has 0 atom stereocenters. The van der Waals surface area contributed by atoms with Gasteiger partial charge in [-0.3, -0.25) is 4.72 Å². The standard InChI is InChI=1S/C14H14ClN5O2S2/c1-8-6-13(23-14(8)15)24(21,22)19-12-7-10(3)18-20(12)11-5-4-9(2)16-17-11/h4-7,19H,1-3H3. The van der Waals surface area contributed by atoms with Crippen LogP contribution in [0.15, 0.2) is 28.5 Å². The minimum Gasteiger partial charge on any atom is -0.263 e. The van der Waals surface area contributed by atoms with E-state index in [2.05, 4.69) is 20.0 Å². The van der Waals surface area contributed by atoms with E-state index in [0.29, 0.717) is 15.8 Å². The van der Waals surface area contributed by atoms with E-state index in [1.165, 1.54) is 10.7 Å². The van der Waals surface area contributed by atoms with Crippen molar-refractivity contribution in [2.45, 2.75) is 25.0 Å². The molecule has 0 aliphatic carbocycles. The first-order chi connectivity index (χ1) is 11.3. The Hall–Kier alpha value is -1.97. The Kier molecular flexibility index (Phi) is 4.33. The van der Waals surface area contributed by atoms with E-state index >= 15 is 0 Å². The highest BCUT2D eigenvalue weighted by Gasteiger charge is 2.21. The number of aromatic nitrogens is 4. The lowest BCUT2D eigenvalue weighted by molar-refractivity contribution is 0.602. The highest BCUT2D eigenvalue weighted by Crippen LogP contribution is 2.31. The van der Waals surface area contributed by atoms with Gasteiger partial charge in [0.1, 0.15) is 10.0 Å². The molecule has 3 aromatic rings. The number of thiophene rings is 1. The van der Waals surface area contributed by atoms with Gasteiger partial charge in [0, 0.05) is 6.07 Å². The Balaban J connectivity index is 2.00. The molecule has 0 saturated carbocycles. The first-order valence-corrected chi connectivity index (χ1v) is 9.60. The molecule has 10 heteroatoms. The first-order valence-electron chi connectivity index (χ1n) is 6.92. The van der Waals surface area contributed by atoms with Crippen molar-refractivity contribution in [3.8, 4) is 5.82 Å². The van der Waals surface area contributed by atoms with Gasteiger partial charge in [0.25, 0.3) is 10.0 Å². The third-order valence-corrected chi connectivity index (χ3v) is 6.55. The molecule has 7 nitrogen and oxygen atoms in total. The number of aryl methyl sites for hydroxylation is 3. The van der Waals surface area contributed by atoms with Crippen LogP contribution in [-0.2, 0) is 10.0 Å². The van der Waals surface area contributed by atoms with Gasteiger partial charge in [-0.05, 0) is 44.5 Å². The monoisotopic (exact) mass is 383 g/mol. The van der Waals surface area contributed by atoms with Gasteiger partial charge in [0.15, 0.2) is 5.82 Å². The van der Waals surface area contributed by atoms with Gasteiger partial charge >= 0.3 is 0 Å². The number of anilines is 1. The molecule has 0 aliphatic rings. The Bertz CT molecular complexity index is 973. The van der Waals surface area contributed by atoms with E-state index in [4.69, 9.17) is 11.6 Å². The predicted molar refractivity (Wildman–Crippen MR) is 93.5 cm³/mol. The highest BCUT2D eigenvalue weighted by atomic mass is 35.5. The van der Waals surface area contributed by atoms with E-state index in [0.717, 1.165) is 22.6 Å². The molecule has 0 spiro atoms. The summed E-state index contributed by atoms with van der Waals surface area (Å²) in [5.41, 5.74) is 2.13. The highest BCUT2D eigenvalue weighted by molar-refractivity contribution is 7.94. The lowest BCUT2D eigenvalue weighted by Gasteiger charge is -2.08. The van der Waals surface area contributed by atoms with Crippen molar-refractivity contribution in [2.75, 3.05) is 4.72 Å². The van der Waals surface area contributed by atoms with Gasteiger partial charge in [-0.25, -0.2) is 8.42 Å². The third kappa shape index (κ3) is 3.28. The Morgan fingerprint density at radius 1 is 1.12 bits per heavy atom. The number of sulfonamides is 1. The van der Waals surface area contributed by atoms with Crippen LogP contribution in [0.5, 0.6) is 0 Å². The van der Waals surface area contributed by atoms with Gasteiger partial charge < -0.3 is 0 Å². The zero-order valence-corrected chi connectivity index (χ0v) is 15.5. The molecular formula is C14H14ClN5O2S2. The molecule has 0 unspecified atom stereocenters. The molecule has 0 radical (unpaired) electrons. The normalized spacial score (nSPS) is 11.7.